The Balaban J connectivity index is 2.40. The molecule has 0 saturated carbocycles. The van der Waals surface area contributed by atoms with Crippen molar-refractivity contribution < 1.29 is 9.84 Å². The van der Waals surface area contributed by atoms with Crippen LogP contribution in [-0.2, 0) is 4.74 Å². The lowest BCUT2D eigenvalue weighted by Crippen LogP contribution is -2.54. The molecule has 2 rings (SSSR count). The highest BCUT2D eigenvalue weighted by Gasteiger charge is 2.35. The third kappa shape index (κ3) is 3.44. The van der Waals surface area contributed by atoms with Crippen molar-refractivity contribution in [2.75, 3.05) is 37.0 Å². The molecule has 1 saturated heterocycles. The molecule has 0 aromatic carbocycles. The zero-order valence-electron chi connectivity index (χ0n) is 13.6. The molecule has 1 fully saturated rings. The van der Waals surface area contributed by atoms with Crippen molar-refractivity contribution in [2.24, 2.45) is 0 Å². The highest BCUT2D eigenvalue weighted by molar-refractivity contribution is 5.60. The van der Waals surface area contributed by atoms with Crippen molar-refractivity contribution in [3.05, 3.63) is 11.9 Å². The van der Waals surface area contributed by atoms with Gasteiger partial charge in [0.15, 0.2) is 0 Å². The van der Waals surface area contributed by atoms with Crippen LogP contribution in [0.3, 0.4) is 0 Å². The second kappa shape index (κ2) is 6.15. The molecule has 21 heavy (non-hydrogen) atoms. The Morgan fingerprint density at radius 1 is 1.48 bits per heavy atom. The normalized spacial score (nSPS) is 21.7. The number of aliphatic hydroxyl groups excluding tert-OH is 1. The predicted molar refractivity (Wildman–Crippen MR) is 83.9 cm³/mol. The lowest BCUT2D eigenvalue weighted by Gasteiger charge is -2.43. The molecule has 6 heteroatoms. The zero-order chi connectivity index (χ0) is 15.6. The molecule has 118 valence electrons. The van der Waals surface area contributed by atoms with Crippen LogP contribution in [0, 0.1) is 0 Å². The Labute approximate surface area is 126 Å². The van der Waals surface area contributed by atoms with Gasteiger partial charge in [-0.15, -0.1) is 0 Å². The van der Waals surface area contributed by atoms with E-state index in [0.717, 1.165) is 23.7 Å². The molecule has 0 spiro atoms. The number of hydrogen-bond donors (Lipinski definition) is 2. The Morgan fingerprint density at radius 3 is 2.76 bits per heavy atom. The van der Waals surface area contributed by atoms with Crippen LogP contribution in [-0.4, -0.2) is 53.5 Å². The second-order valence-electron chi connectivity index (χ2n) is 6.43. The molecule has 1 aliphatic heterocycles. The van der Waals surface area contributed by atoms with Gasteiger partial charge in [-0.25, -0.2) is 9.97 Å². The van der Waals surface area contributed by atoms with Gasteiger partial charge in [-0.2, -0.15) is 0 Å². The number of rotatable bonds is 4. The van der Waals surface area contributed by atoms with Crippen LogP contribution in [0.4, 0.5) is 11.6 Å². The maximum Gasteiger partial charge on any atom is 0.137 e. The number of morpholine rings is 1. The fourth-order valence-corrected chi connectivity index (χ4v) is 2.92. The summed E-state index contributed by atoms with van der Waals surface area (Å²) in [5.74, 6) is 2.10. The minimum absolute atomic E-state index is 0.0148. The highest BCUT2D eigenvalue weighted by atomic mass is 16.5. The van der Waals surface area contributed by atoms with Crippen LogP contribution in [0.2, 0.25) is 0 Å². The van der Waals surface area contributed by atoms with Gasteiger partial charge in [0.2, 0.25) is 0 Å². The summed E-state index contributed by atoms with van der Waals surface area (Å²) >= 11 is 0. The number of ether oxygens (including phenoxy) is 1. The van der Waals surface area contributed by atoms with Gasteiger partial charge in [0.25, 0.3) is 0 Å². The van der Waals surface area contributed by atoms with Crippen LogP contribution in [0.5, 0.6) is 0 Å². The number of anilines is 2. The van der Waals surface area contributed by atoms with Gasteiger partial charge in [0, 0.05) is 25.7 Å². The minimum Gasteiger partial charge on any atom is -0.394 e. The average Bonchev–Trinajstić information content (AvgIpc) is 2.44. The smallest absolute Gasteiger partial charge is 0.137 e. The molecule has 6 nitrogen and oxygen atoms in total. The first-order valence-electron chi connectivity index (χ1n) is 7.44. The Hall–Kier alpha value is -1.40. The fraction of sp³-hybridized carbons (Fsp3) is 0.733. The van der Waals surface area contributed by atoms with Gasteiger partial charge in [-0.1, -0.05) is 13.8 Å². The van der Waals surface area contributed by atoms with Gasteiger partial charge in [-0.05, 0) is 19.8 Å². The molecule has 0 amide bonds. The molecular formula is C15H26N4O2. The van der Waals surface area contributed by atoms with Gasteiger partial charge in [0.1, 0.15) is 18.0 Å². The molecule has 1 aromatic rings. The van der Waals surface area contributed by atoms with Crippen molar-refractivity contribution in [1.29, 1.82) is 0 Å². The van der Waals surface area contributed by atoms with E-state index >= 15 is 0 Å². The van der Waals surface area contributed by atoms with Crippen molar-refractivity contribution in [2.45, 2.75) is 45.3 Å². The standard InChI is InChI=1S/C15H26N4O2/c1-10(2)12-13(16-5)17-9-18-14(12)19-6-11(7-20)21-15(3,4)8-19/h9-11,20H,6-8H2,1-5H3,(H,16,17,18). The Kier molecular flexibility index (Phi) is 4.68. The number of aromatic nitrogens is 2. The van der Waals surface area contributed by atoms with Crippen molar-refractivity contribution in [3.8, 4) is 0 Å². The summed E-state index contributed by atoms with van der Waals surface area (Å²) in [6, 6.07) is 0. The summed E-state index contributed by atoms with van der Waals surface area (Å²) in [6.07, 6.45) is 1.39. The molecule has 0 aliphatic carbocycles. The van der Waals surface area contributed by atoms with Crippen LogP contribution in [0.25, 0.3) is 0 Å². The zero-order valence-corrected chi connectivity index (χ0v) is 13.6. The molecule has 2 N–H and O–H groups in total. The van der Waals surface area contributed by atoms with E-state index in [-0.39, 0.29) is 18.3 Å². The Bertz CT molecular complexity index is 491. The third-order valence-corrected chi connectivity index (χ3v) is 3.66. The summed E-state index contributed by atoms with van der Waals surface area (Å²) in [5.41, 5.74) is 0.791. The molecule has 0 radical (unpaired) electrons. The fourth-order valence-electron chi connectivity index (χ4n) is 2.92. The van der Waals surface area contributed by atoms with Gasteiger partial charge >= 0.3 is 0 Å². The quantitative estimate of drug-likeness (QED) is 0.879. The number of nitrogens with zero attached hydrogens (tertiary/aromatic N) is 3. The van der Waals surface area contributed by atoms with E-state index in [2.05, 4.69) is 34.0 Å². The maximum atomic E-state index is 9.47. The van der Waals surface area contributed by atoms with E-state index in [1.807, 2.05) is 20.9 Å². The van der Waals surface area contributed by atoms with Gasteiger partial charge in [0.05, 0.1) is 18.3 Å². The minimum atomic E-state index is -0.315. The SMILES string of the molecule is CNc1ncnc(N2CC(CO)OC(C)(C)C2)c1C(C)C. The van der Waals surface area contributed by atoms with Gasteiger partial charge in [-0.3, -0.25) is 0 Å². The van der Waals surface area contributed by atoms with E-state index in [9.17, 15) is 5.11 Å². The first kappa shape index (κ1) is 16.0. The van der Waals surface area contributed by atoms with E-state index in [0.29, 0.717) is 12.5 Å². The summed E-state index contributed by atoms with van der Waals surface area (Å²) in [5, 5.41) is 12.6. The number of nitrogens with one attached hydrogen (secondary N) is 1. The lowest BCUT2D eigenvalue weighted by atomic mass is 10.0. The molecule has 2 heterocycles. The lowest BCUT2D eigenvalue weighted by molar-refractivity contribution is -0.101. The van der Waals surface area contributed by atoms with Crippen molar-refractivity contribution >= 4 is 11.6 Å². The average molecular weight is 294 g/mol. The highest BCUT2D eigenvalue weighted by Crippen LogP contribution is 2.33. The summed E-state index contributed by atoms with van der Waals surface area (Å²) in [6.45, 7) is 9.74. The number of aliphatic hydroxyl groups is 1. The molecule has 1 aromatic heterocycles. The maximum absolute atomic E-state index is 9.47. The monoisotopic (exact) mass is 294 g/mol. The van der Waals surface area contributed by atoms with E-state index in [1.54, 1.807) is 6.33 Å². The first-order valence-corrected chi connectivity index (χ1v) is 7.44. The molecule has 1 atom stereocenters. The van der Waals surface area contributed by atoms with Crippen LogP contribution in [0.1, 0.15) is 39.2 Å². The summed E-state index contributed by atoms with van der Waals surface area (Å²) in [7, 11) is 1.87. The van der Waals surface area contributed by atoms with E-state index in [4.69, 9.17) is 4.74 Å². The second-order valence-corrected chi connectivity index (χ2v) is 6.43. The largest absolute Gasteiger partial charge is 0.394 e. The molecule has 1 aliphatic rings. The van der Waals surface area contributed by atoms with Crippen LogP contribution in [0.15, 0.2) is 6.33 Å². The molecule has 1 unspecified atom stereocenters. The summed E-state index contributed by atoms with van der Waals surface area (Å²) in [4.78, 5) is 11.0. The van der Waals surface area contributed by atoms with Crippen LogP contribution >= 0.6 is 0 Å². The van der Waals surface area contributed by atoms with E-state index < -0.39 is 0 Å². The first-order chi connectivity index (χ1) is 9.88. The topological polar surface area (TPSA) is 70.5 Å². The third-order valence-electron chi connectivity index (χ3n) is 3.66. The molecular weight excluding hydrogens is 268 g/mol. The molecule has 0 bridgehead atoms. The number of hydrogen-bond acceptors (Lipinski definition) is 6. The van der Waals surface area contributed by atoms with Crippen molar-refractivity contribution in [1.82, 2.24) is 9.97 Å². The Morgan fingerprint density at radius 2 is 2.19 bits per heavy atom. The van der Waals surface area contributed by atoms with Crippen LogP contribution < -0.4 is 10.2 Å². The summed E-state index contributed by atoms with van der Waals surface area (Å²) < 4.78 is 5.88. The van der Waals surface area contributed by atoms with Crippen molar-refractivity contribution in [3.63, 3.8) is 0 Å². The predicted octanol–water partition coefficient (Wildman–Crippen LogP) is 1.62. The van der Waals surface area contributed by atoms with E-state index in [1.165, 1.54) is 0 Å². The van der Waals surface area contributed by atoms with Gasteiger partial charge < -0.3 is 20.1 Å².